The first-order valence-electron chi connectivity index (χ1n) is 9.99. The number of fused-ring (bicyclic) bond motifs is 1. The summed E-state index contributed by atoms with van der Waals surface area (Å²) in [6.07, 6.45) is 0.899. The zero-order valence-electron chi connectivity index (χ0n) is 17.3. The quantitative estimate of drug-likeness (QED) is 0.615. The molecular weight excluding hydrogens is 404 g/mol. The number of H-pyrrole nitrogens is 1. The highest BCUT2D eigenvalue weighted by molar-refractivity contribution is 7.88. The van der Waals surface area contributed by atoms with Crippen LogP contribution in [0.25, 0.3) is 22.6 Å². The lowest BCUT2D eigenvalue weighted by molar-refractivity contribution is 0.0925. The molecule has 1 aliphatic rings. The maximum atomic E-state index is 12.2. The zero-order valence-corrected chi connectivity index (χ0v) is 18.2. The van der Waals surface area contributed by atoms with E-state index in [0.29, 0.717) is 42.8 Å². The molecule has 1 fully saturated rings. The minimum Gasteiger partial charge on any atom is -0.377 e. The monoisotopic (exact) mass is 430 g/mol. The number of hydrogen-bond donors (Lipinski definition) is 2. The highest BCUT2D eigenvalue weighted by Gasteiger charge is 2.25. The normalized spacial score (nSPS) is 17.6. The zero-order chi connectivity index (χ0) is 21.3. The first-order valence-corrected chi connectivity index (χ1v) is 11.6. The molecule has 1 saturated heterocycles. The van der Waals surface area contributed by atoms with Crippen LogP contribution in [-0.2, 0) is 20.5 Å². The van der Waals surface area contributed by atoms with E-state index in [-0.39, 0.29) is 11.8 Å². The van der Waals surface area contributed by atoms with Gasteiger partial charge >= 0.3 is 0 Å². The van der Waals surface area contributed by atoms with Gasteiger partial charge in [0.25, 0.3) is 0 Å². The molecule has 3 aromatic heterocycles. The van der Waals surface area contributed by atoms with Crippen molar-refractivity contribution in [3.8, 4) is 11.5 Å². The Morgan fingerprint density at radius 2 is 2.10 bits per heavy atom. The van der Waals surface area contributed by atoms with Gasteiger partial charge in [-0.25, -0.2) is 28.1 Å². The largest absolute Gasteiger partial charge is 0.377 e. The van der Waals surface area contributed by atoms with Crippen LogP contribution in [0.5, 0.6) is 0 Å². The molecule has 1 aliphatic heterocycles. The van der Waals surface area contributed by atoms with Crippen molar-refractivity contribution < 1.29 is 13.2 Å². The Hall–Kier alpha value is -2.56. The second kappa shape index (κ2) is 8.29. The van der Waals surface area contributed by atoms with E-state index < -0.39 is 10.0 Å². The van der Waals surface area contributed by atoms with Crippen molar-refractivity contribution in [1.82, 2.24) is 24.7 Å². The molecule has 0 bridgehead atoms. The van der Waals surface area contributed by atoms with E-state index >= 15 is 0 Å². The fourth-order valence-electron chi connectivity index (χ4n) is 3.65. The summed E-state index contributed by atoms with van der Waals surface area (Å²) in [5.74, 6) is 0.887. The van der Waals surface area contributed by atoms with Crippen molar-refractivity contribution in [3.05, 3.63) is 35.7 Å². The summed E-state index contributed by atoms with van der Waals surface area (Å²) in [5.41, 5.74) is 3.81. The molecule has 4 rings (SSSR count). The molecule has 2 N–H and O–H groups in total. The van der Waals surface area contributed by atoms with Crippen LogP contribution >= 0.6 is 0 Å². The summed E-state index contributed by atoms with van der Waals surface area (Å²) in [6, 6.07) is 7.69. The third-order valence-electron chi connectivity index (χ3n) is 5.25. The Kier molecular flexibility index (Phi) is 5.72. The fourth-order valence-corrected chi connectivity index (χ4v) is 4.33. The summed E-state index contributed by atoms with van der Waals surface area (Å²) < 4.78 is 32.3. The summed E-state index contributed by atoms with van der Waals surface area (Å²) in [5, 5.41) is 0. The van der Waals surface area contributed by atoms with Gasteiger partial charge in [0, 0.05) is 18.3 Å². The number of anilines is 1. The number of ether oxygens (including phenoxy) is 1. The fraction of sp³-hybridized carbons (Fsp3) is 0.450. The van der Waals surface area contributed by atoms with Gasteiger partial charge in [0.05, 0.1) is 36.0 Å². The minimum atomic E-state index is -3.48. The number of sulfonamides is 1. The molecule has 0 amide bonds. The van der Waals surface area contributed by atoms with Crippen LogP contribution in [-0.4, -0.2) is 61.2 Å². The highest BCUT2D eigenvalue weighted by Crippen LogP contribution is 2.25. The molecule has 1 atom stereocenters. The average molecular weight is 431 g/mol. The van der Waals surface area contributed by atoms with Gasteiger partial charge in [-0.05, 0) is 38.6 Å². The predicted octanol–water partition coefficient (Wildman–Crippen LogP) is 1.99. The lowest BCUT2D eigenvalue weighted by Gasteiger charge is -2.36. The number of pyridine rings is 1. The number of aromatic amines is 1. The van der Waals surface area contributed by atoms with Gasteiger partial charge in [-0.3, -0.25) is 0 Å². The molecule has 160 valence electrons. The molecule has 0 unspecified atom stereocenters. The Morgan fingerprint density at radius 1 is 1.27 bits per heavy atom. The number of nitrogens with one attached hydrogen (secondary N) is 2. The molecule has 0 spiro atoms. The Bertz CT molecular complexity index is 1160. The maximum Gasteiger partial charge on any atom is 0.217 e. The Labute approximate surface area is 176 Å². The Balaban J connectivity index is 1.81. The van der Waals surface area contributed by atoms with Crippen LogP contribution in [0.3, 0.4) is 0 Å². The van der Waals surface area contributed by atoms with Crippen molar-refractivity contribution in [2.45, 2.75) is 32.1 Å². The second-order valence-electron chi connectivity index (χ2n) is 7.42. The van der Waals surface area contributed by atoms with Crippen LogP contribution in [0.4, 0.5) is 5.82 Å². The van der Waals surface area contributed by atoms with Crippen molar-refractivity contribution in [2.24, 2.45) is 0 Å². The van der Waals surface area contributed by atoms with E-state index in [1.54, 1.807) is 6.07 Å². The highest BCUT2D eigenvalue weighted by atomic mass is 32.2. The van der Waals surface area contributed by atoms with Gasteiger partial charge in [-0.2, -0.15) is 0 Å². The first kappa shape index (κ1) is 20.7. The van der Waals surface area contributed by atoms with Crippen LogP contribution in [0.15, 0.2) is 24.3 Å². The lowest BCUT2D eigenvalue weighted by atomic mass is 10.1. The second-order valence-corrected chi connectivity index (χ2v) is 9.34. The third-order valence-corrected chi connectivity index (χ3v) is 6.54. The number of aromatic nitrogens is 4. The SMILES string of the molecule is CC[C@H]1COCCN1c1cc(CS(=O)(=O)NC)nc(-c2ccc3[nH]c(C)cc3n2)n1. The van der Waals surface area contributed by atoms with E-state index in [4.69, 9.17) is 9.72 Å². The maximum absolute atomic E-state index is 12.2. The van der Waals surface area contributed by atoms with E-state index in [1.165, 1.54) is 7.05 Å². The van der Waals surface area contributed by atoms with Gasteiger partial charge in [-0.15, -0.1) is 0 Å². The molecule has 9 nitrogen and oxygen atoms in total. The number of nitrogens with zero attached hydrogens (tertiary/aromatic N) is 4. The summed E-state index contributed by atoms with van der Waals surface area (Å²) in [4.78, 5) is 19.4. The van der Waals surface area contributed by atoms with Gasteiger partial charge in [0.2, 0.25) is 10.0 Å². The molecule has 4 heterocycles. The van der Waals surface area contributed by atoms with Crippen LogP contribution < -0.4 is 9.62 Å². The van der Waals surface area contributed by atoms with Crippen LogP contribution in [0, 0.1) is 6.92 Å². The van der Waals surface area contributed by atoms with E-state index in [9.17, 15) is 8.42 Å². The lowest BCUT2D eigenvalue weighted by Crippen LogP contribution is -2.45. The van der Waals surface area contributed by atoms with Crippen molar-refractivity contribution in [1.29, 1.82) is 0 Å². The van der Waals surface area contributed by atoms with Gasteiger partial charge in [0.1, 0.15) is 17.3 Å². The summed E-state index contributed by atoms with van der Waals surface area (Å²) >= 11 is 0. The first-order chi connectivity index (χ1) is 14.4. The molecule has 30 heavy (non-hydrogen) atoms. The molecule has 0 aliphatic carbocycles. The molecule has 10 heteroatoms. The minimum absolute atomic E-state index is 0.179. The van der Waals surface area contributed by atoms with E-state index in [1.807, 2.05) is 25.1 Å². The van der Waals surface area contributed by atoms with Crippen molar-refractivity contribution in [2.75, 3.05) is 31.7 Å². The molecule has 0 radical (unpaired) electrons. The van der Waals surface area contributed by atoms with Crippen LogP contribution in [0.2, 0.25) is 0 Å². The molecule has 0 aromatic carbocycles. The standard InChI is InChI=1S/C20H26N6O3S/c1-4-15-11-29-8-7-26(15)19-10-14(12-30(27,28)21-3)23-20(25-19)17-6-5-16-18(24-17)9-13(2)22-16/h5-6,9-10,15,21-22H,4,7-8,11-12H2,1-3H3/t15-/m0/s1. The molecule has 0 saturated carbocycles. The molecular formula is C20H26N6O3S. The number of hydrogen-bond acceptors (Lipinski definition) is 7. The summed E-state index contributed by atoms with van der Waals surface area (Å²) in [6.45, 7) is 5.99. The van der Waals surface area contributed by atoms with Gasteiger partial charge in [0.15, 0.2) is 5.82 Å². The predicted molar refractivity (Wildman–Crippen MR) is 116 cm³/mol. The average Bonchev–Trinajstić information content (AvgIpc) is 3.12. The third kappa shape index (κ3) is 4.30. The Morgan fingerprint density at radius 3 is 2.87 bits per heavy atom. The van der Waals surface area contributed by atoms with Crippen molar-refractivity contribution in [3.63, 3.8) is 0 Å². The topological polar surface area (TPSA) is 113 Å². The van der Waals surface area contributed by atoms with Crippen LogP contribution in [0.1, 0.15) is 24.7 Å². The smallest absolute Gasteiger partial charge is 0.217 e. The van der Waals surface area contributed by atoms with E-state index in [2.05, 4.69) is 31.5 Å². The molecule has 3 aromatic rings. The number of morpholine rings is 1. The summed E-state index contributed by atoms with van der Waals surface area (Å²) in [7, 11) is -2.08. The van der Waals surface area contributed by atoms with Crippen molar-refractivity contribution >= 4 is 26.9 Å². The van der Waals surface area contributed by atoms with Gasteiger partial charge in [-0.1, -0.05) is 6.92 Å². The number of rotatable bonds is 6. The van der Waals surface area contributed by atoms with Gasteiger partial charge < -0.3 is 14.6 Å². The van der Waals surface area contributed by atoms with E-state index in [0.717, 1.165) is 23.1 Å². The number of aryl methyl sites for hydroxylation is 1.